The van der Waals surface area contributed by atoms with E-state index in [9.17, 15) is 9.59 Å². The Balaban J connectivity index is 1.56. The summed E-state index contributed by atoms with van der Waals surface area (Å²) in [7, 11) is 0. The number of hydrogen-bond acceptors (Lipinski definition) is 4. The van der Waals surface area contributed by atoms with Crippen LogP contribution < -0.4 is 10.2 Å². The summed E-state index contributed by atoms with van der Waals surface area (Å²) in [4.78, 5) is 31.1. The van der Waals surface area contributed by atoms with E-state index in [-0.39, 0.29) is 18.4 Å². The van der Waals surface area contributed by atoms with E-state index in [1.54, 1.807) is 17.2 Å². The van der Waals surface area contributed by atoms with Crippen molar-refractivity contribution in [1.82, 2.24) is 9.55 Å². The quantitative estimate of drug-likeness (QED) is 0.600. The van der Waals surface area contributed by atoms with Crippen LogP contribution in [0.15, 0.2) is 70.6 Å². The number of thioether (sulfide) groups is 1. The van der Waals surface area contributed by atoms with Gasteiger partial charge in [0, 0.05) is 22.6 Å². The predicted octanol–water partition coefficient (Wildman–Crippen LogP) is 4.10. The summed E-state index contributed by atoms with van der Waals surface area (Å²) in [5.41, 5.74) is 2.34. The van der Waals surface area contributed by atoms with Crippen molar-refractivity contribution in [1.29, 1.82) is 0 Å². The zero-order chi connectivity index (χ0) is 19.7. The van der Waals surface area contributed by atoms with Crippen molar-refractivity contribution in [2.45, 2.75) is 17.3 Å². The van der Waals surface area contributed by atoms with Crippen molar-refractivity contribution in [3.8, 4) is 5.69 Å². The Bertz CT molecular complexity index is 1030. The number of nitrogens with zero attached hydrogens (tertiary/aromatic N) is 3. The van der Waals surface area contributed by atoms with Gasteiger partial charge in [0.1, 0.15) is 6.54 Å². The molecule has 2 aromatic carbocycles. The van der Waals surface area contributed by atoms with Crippen molar-refractivity contribution >= 4 is 50.9 Å². The van der Waals surface area contributed by atoms with Crippen LogP contribution in [0.2, 0.25) is 0 Å². The number of rotatable bonds is 4. The lowest BCUT2D eigenvalue weighted by Gasteiger charge is -2.30. The molecule has 0 aliphatic carbocycles. The molecule has 142 valence electrons. The number of aromatic nitrogens is 2. The number of hydrogen-bond donors (Lipinski definition) is 1. The van der Waals surface area contributed by atoms with Gasteiger partial charge in [-0.1, -0.05) is 39.8 Å². The molecule has 0 radical (unpaired) electrons. The first-order chi connectivity index (χ1) is 13.5. The molecule has 1 atom stereocenters. The Morgan fingerprint density at radius 2 is 1.96 bits per heavy atom. The second-order valence-corrected chi connectivity index (χ2v) is 8.53. The molecule has 1 aromatic heterocycles. The summed E-state index contributed by atoms with van der Waals surface area (Å²) < 4.78 is 2.94. The Kier molecular flexibility index (Phi) is 5.23. The van der Waals surface area contributed by atoms with Gasteiger partial charge in [0.15, 0.2) is 5.16 Å². The number of nitrogens with one attached hydrogen (secondary N) is 1. The van der Waals surface area contributed by atoms with Crippen LogP contribution in [0.5, 0.6) is 0 Å². The molecule has 2 heterocycles. The van der Waals surface area contributed by atoms with Crippen molar-refractivity contribution in [2.75, 3.05) is 16.8 Å². The summed E-state index contributed by atoms with van der Waals surface area (Å²) in [5.74, 6) is -0.321. The average Bonchev–Trinajstić information content (AvgIpc) is 3.15. The van der Waals surface area contributed by atoms with Crippen molar-refractivity contribution in [3.05, 3.63) is 65.4 Å². The van der Waals surface area contributed by atoms with Gasteiger partial charge in [0.2, 0.25) is 11.8 Å². The molecule has 3 aromatic rings. The molecule has 1 aliphatic rings. The van der Waals surface area contributed by atoms with Crippen LogP contribution in [0, 0.1) is 0 Å². The fourth-order valence-corrected chi connectivity index (χ4v) is 4.24. The number of imidazole rings is 1. The van der Waals surface area contributed by atoms with Gasteiger partial charge < -0.3 is 5.32 Å². The molecule has 0 saturated heterocycles. The molecule has 4 rings (SSSR count). The van der Waals surface area contributed by atoms with Crippen molar-refractivity contribution in [2.24, 2.45) is 0 Å². The number of amides is 2. The van der Waals surface area contributed by atoms with Crippen LogP contribution in [0.3, 0.4) is 0 Å². The molecule has 8 heteroatoms. The number of benzene rings is 2. The number of carbonyl (C=O) groups is 2. The van der Waals surface area contributed by atoms with Gasteiger partial charge in [-0.15, -0.1) is 0 Å². The highest BCUT2D eigenvalue weighted by Crippen LogP contribution is 2.32. The van der Waals surface area contributed by atoms with Crippen LogP contribution in [0.4, 0.5) is 11.4 Å². The largest absolute Gasteiger partial charge is 0.323 e. The molecule has 0 fully saturated rings. The van der Waals surface area contributed by atoms with Gasteiger partial charge in [-0.25, -0.2) is 4.98 Å². The third kappa shape index (κ3) is 3.70. The minimum absolute atomic E-state index is 0.0158. The zero-order valence-electron chi connectivity index (χ0n) is 15.0. The number of carbonyl (C=O) groups excluding carboxylic acids is 2. The Labute approximate surface area is 175 Å². The summed E-state index contributed by atoms with van der Waals surface area (Å²) in [6.45, 7) is 1.85. The standard InChI is InChI=1S/C20H17BrN4O2S/c1-13(19(27)25-12-18(26)23-16-4-2-3-5-17(16)25)28-20-22-10-11-24(20)15-8-6-14(21)7-9-15/h2-11,13H,12H2,1H3,(H,23,26). The monoisotopic (exact) mass is 456 g/mol. The van der Waals surface area contributed by atoms with E-state index in [1.165, 1.54) is 11.8 Å². The van der Waals surface area contributed by atoms with Crippen molar-refractivity contribution < 1.29 is 9.59 Å². The van der Waals surface area contributed by atoms with Gasteiger partial charge in [0.25, 0.3) is 0 Å². The second kappa shape index (κ2) is 7.81. The van der Waals surface area contributed by atoms with Gasteiger partial charge in [-0.3, -0.25) is 19.1 Å². The van der Waals surface area contributed by atoms with E-state index in [2.05, 4.69) is 26.2 Å². The normalized spacial score (nSPS) is 14.4. The second-order valence-electron chi connectivity index (χ2n) is 6.31. The number of halogens is 1. The first kappa shape index (κ1) is 18.8. The molecule has 1 N–H and O–H groups in total. The summed E-state index contributed by atoms with van der Waals surface area (Å²) in [6.07, 6.45) is 3.58. The van der Waals surface area contributed by atoms with Gasteiger partial charge >= 0.3 is 0 Å². The third-order valence-electron chi connectivity index (χ3n) is 4.38. The van der Waals surface area contributed by atoms with E-state index in [4.69, 9.17) is 0 Å². The molecule has 2 amide bonds. The lowest BCUT2D eigenvalue weighted by molar-refractivity contribution is -0.121. The first-order valence-electron chi connectivity index (χ1n) is 8.69. The highest BCUT2D eigenvalue weighted by molar-refractivity contribution is 9.10. The fourth-order valence-electron chi connectivity index (χ4n) is 3.03. The summed E-state index contributed by atoms with van der Waals surface area (Å²) >= 11 is 4.81. The Morgan fingerprint density at radius 3 is 2.75 bits per heavy atom. The molecular weight excluding hydrogens is 440 g/mol. The van der Waals surface area contributed by atoms with Crippen molar-refractivity contribution in [3.63, 3.8) is 0 Å². The SMILES string of the molecule is CC(Sc1nccn1-c1ccc(Br)cc1)C(=O)N1CC(=O)Nc2ccccc21. The molecular formula is C20H17BrN4O2S. The molecule has 1 unspecified atom stereocenters. The maximum Gasteiger partial charge on any atom is 0.244 e. The zero-order valence-corrected chi connectivity index (χ0v) is 17.4. The van der Waals surface area contributed by atoms with E-state index in [0.29, 0.717) is 5.69 Å². The minimum atomic E-state index is -0.407. The van der Waals surface area contributed by atoms with Crippen LogP contribution in [0.25, 0.3) is 5.69 Å². The van der Waals surface area contributed by atoms with E-state index < -0.39 is 5.25 Å². The van der Waals surface area contributed by atoms with Crippen LogP contribution >= 0.6 is 27.7 Å². The van der Waals surface area contributed by atoms with Gasteiger partial charge in [0.05, 0.1) is 16.6 Å². The lowest BCUT2D eigenvalue weighted by Crippen LogP contribution is -2.45. The van der Waals surface area contributed by atoms with Crippen LogP contribution in [-0.4, -0.2) is 33.2 Å². The predicted molar refractivity (Wildman–Crippen MR) is 114 cm³/mol. The molecule has 6 nitrogen and oxygen atoms in total. The maximum atomic E-state index is 13.1. The van der Waals surface area contributed by atoms with E-state index in [1.807, 2.05) is 60.2 Å². The molecule has 1 aliphatic heterocycles. The first-order valence-corrected chi connectivity index (χ1v) is 10.4. The average molecular weight is 457 g/mol. The Morgan fingerprint density at radius 1 is 1.21 bits per heavy atom. The number of anilines is 2. The minimum Gasteiger partial charge on any atom is -0.323 e. The Hall–Kier alpha value is -2.58. The smallest absolute Gasteiger partial charge is 0.244 e. The van der Waals surface area contributed by atoms with E-state index >= 15 is 0 Å². The fraction of sp³-hybridized carbons (Fsp3) is 0.150. The van der Waals surface area contributed by atoms with E-state index in [0.717, 1.165) is 21.0 Å². The summed E-state index contributed by atoms with van der Waals surface area (Å²) in [6, 6.07) is 15.2. The van der Waals surface area contributed by atoms with Gasteiger partial charge in [-0.2, -0.15) is 0 Å². The lowest BCUT2D eigenvalue weighted by atomic mass is 10.2. The summed E-state index contributed by atoms with van der Waals surface area (Å²) in [5, 5.41) is 3.12. The highest BCUT2D eigenvalue weighted by Gasteiger charge is 2.30. The third-order valence-corrected chi connectivity index (χ3v) is 5.98. The van der Waals surface area contributed by atoms with Crippen LogP contribution in [-0.2, 0) is 9.59 Å². The van der Waals surface area contributed by atoms with Crippen LogP contribution in [0.1, 0.15) is 6.92 Å². The molecule has 0 spiro atoms. The van der Waals surface area contributed by atoms with Gasteiger partial charge in [-0.05, 0) is 43.3 Å². The molecule has 28 heavy (non-hydrogen) atoms. The molecule has 0 bridgehead atoms. The molecule has 0 saturated carbocycles. The highest BCUT2D eigenvalue weighted by atomic mass is 79.9. The maximum absolute atomic E-state index is 13.1. The number of para-hydroxylation sites is 2. The number of fused-ring (bicyclic) bond motifs is 1. The topological polar surface area (TPSA) is 67.2 Å².